The number of aromatic nitrogens is 2. The Morgan fingerprint density at radius 2 is 2.00 bits per heavy atom. The first-order valence-corrected chi connectivity index (χ1v) is 7.70. The standard InChI is InChI=1S/C19H15N5O2/c1-26-16-4-2-3-14(11-16)18(24-25)17-9-10-21-19(23-17)22-15-7-5-13(12-20)6-8-15/h2-11,25H,1H3,(H,21,22,23)/b24-18+. The van der Waals surface area contributed by atoms with Crippen LogP contribution in [0, 0.1) is 11.3 Å². The molecule has 128 valence electrons. The zero-order valence-corrected chi connectivity index (χ0v) is 13.9. The van der Waals surface area contributed by atoms with Gasteiger partial charge in [0.1, 0.15) is 11.5 Å². The third-order valence-corrected chi connectivity index (χ3v) is 3.61. The number of anilines is 2. The van der Waals surface area contributed by atoms with E-state index in [2.05, 4.69) is 26.5 Å². The van der Waals surface area contributed by atoms with Crippen molar-refractivity contribution in [3.05, 3.63) is 77.6 Å². The van der Waals surface area contributed by atoms with Crippen molar-refractivity contribution in [3.63, 3.8) is 0 Å². The monoisotopic (exact) mass is 345 g/mol. The molecule has 0 spiro atoms. The molecule has 0 radical (unpaired) electrons. The van der Waals surface area contributed by atoms with Crippen LogP contribution in [0.15, 0.2) is 65.9 Å². The topological polar surface area (TPSA) is 103 Å². The summed E-state index contributed by atoms with van der Waals surface area (Å²) in [6.45, 7) is 0. The van der Waals surface area contributed by atoms with Crippen molar-refractivity contribution in [1.29, 1.82) is 5.26 Å². The van der Waals surface area contributed by atoms with Gasteiger partial charge in [0.2, 0.25) is 5.95 Å². The van der Waals surface area contributed by atoms with Crippen LogP contribution < -0.4 is 10.1 Å². The number of nitriles is 1. The molecule has 0 saturated carbocycles. The molecule has 0 saturated heterocycles. The van der Waals surface area contributed by atoms with Gasteiger partial charge in [0.15, 0.2) is 0 Å². The second kappa shape index (κ2) is 7.77. The van der Waals surface area contributed by atoms with Gasteiger partial charge >= 0.3 is 0 Å². The lowest BCUT2D eigenvalue weighted by molar-refractivity contribution is 0.319. The van der Waals surface area contributed by atoms with E-state index in [1.54, 1.807) is 67.9 Å². The zero-order valence-electron chi connectivity index (χ0n) is 13.9. The second-order valence-electron chi connectivity index (χ2n) is 5.26. The number of nitrogens with zero attached hydrogens (tertiary/aromatic N) is 4. The molecule has 1 aromatic heterocycles. The summed E-state index contributed by atoms with van der Waals surface area (Å²) in [5, 5.41) is 24.8. The summed E-state index contributed by atoms with van der Waals surface area (Å²) < 4.78 is 5.20. The number of benzene rings is 2. The van der Waals surface area contributed by atoms with Gasteiger partial charge in [0.25, 0.3) is 0 Å². The second-order valence-corrected chi connectivity index (χ2v) is 5.26. The molecule has 0 aliphatic rings. The molecule has 1 heterocycles. The van der Waals surface area contributed by atoms with Gasteiger partial charge in [-0.15, -0.1) is 0 Å². The lowest BCUT2D eigenvalue weighted by Gasteiger charge is -2.09. The van der Waals surface area contributed by atoms with E-state index in [9.17, 15) is 5.21 Å². The van der Waals surface area contributed by atoms with Crippen LogP contribution in [0.4, 0.5) is 11.6 Å². The Bertz CT molecular complexity index is 978. The SMILES string of the molecule is COc1cccc(/C(=N\O)c2ccnc(Nc3ccc(C#N)cc3)n2)c1. The number of ether oxygens (including phenoxy) is 1. The highest BCUT2D eigenvalue weighted by Gasteiger charge is 2.12. The minimum absolute atomic E-state index is 0.300. The quantitative estimate of drug-likeness (QED) is 0.418. The van der Waals surface area contributed by atoms with Crippen LogP contribution in [0.1, 0.15) is 16.8 Å². The number of nitrogens with one attached hydrogen (secondary N) is 1. The molecule has 0 fully saturated rings. The molecule has 0 bridgehead atoms. The van der Waals surface area contributed by atoms with Crippen molar-refractivity contribution < 1.29 is 9.94 Å². The van der Waals surface area contributed by atoms with Gasteiger partial charge in [0, 0.05) is 17.4 Å². The molecular weight excluding hydrogens is 330 g/mol. The molecule has 0 atom stereocenters. The molecule has 3 aromatic rings. The van der Waals surface area contributed by atoms with E-state index in [1.807, 2.05) is 0 Å². The molecule has 0 aliphatic heterocycles. The van der Waals surface area contributed by atoms with E-state index in [4.69, 9.17) is 10.00 Å². The Labute approximate surface area is 150 Å². The number of methoxy groups -OCH3 is 1. The number of rotatable bonds is 5. The molecular formula is C19H15N5O2. The Morgan fingerprint density at radius 1 is 1.19 bits per heavy atom. The average molecular weight is 345 g/mol. The number of hydrogen-bond acceptors (Lipinski definition) is 7. The van der Waals surface area contributed by atoms with Crippen molar-refractivity contribution >= 4 is 17.3 Å². The summed E-state index contributed by atoms with van der Waals surface area (Å²) >= 11 is 0. The minimum atomic E-state index is 0.300. The van der Waals surface area contributed by atoms with Gasteiger partial charge in [-0.2, -0.15) is 5.26 Å². The normalized spacial score (nSPS) is 10.8. The van der Waals surface area contributed by atoms with Gasteiger partial charge < -0.3 is 15.3 Å². The van der Waals surface area contributed by atoms with E-state index in [0.29, 0.717) is 34.2 Å². The van der Waals surface area contributed by atoms with Crippen LogP contribution in [-0.2, 0) is 0 Å². The molecule has 7 heteroatoms. The van der Waals surface area contributed by atoms with Crippen molar-refractivity contribution in [2.75, 3.05) is 12.4 Å². The van der Waals surface area contributed by atoms with Crippen molar-refractivity contribution in [1.82, 2.24) is 9.97 Å². The maximum atomic E-state index is 9.47. The highest BCUT2D eigenvalue weighted by molar-refractivity contribution is 6.11. The number of hydrogen-bond donors (Lipinski definition) is 2. The third kappa shape index (κ3) is 3.76. The maximum Gasteiger partial charge on any atom is 0.227 e. The Kier molecular flexibility index (Phi) is 5.05. The highest BCUT2D eigenvalue weighted by Crippen LogP contribution is 2.18. The van der Waals surface area contributed by atoms with Crippen LogP contribution >= 0.6 is 0 Å². The first-order chi connectivity index (χ1) is 12.7. The van der Waals surface area contributed by atoms with E-state index < -0.39 is 0 Å². The Morgan fingerprint density at radius 3 is 2.69 bits per heavy atom. The van der Waals surface area contributed by atoms with E-state index in [-0.39, 0.29) is 0 Å². The fraction of sp³-hybridized carbons (Fsp3) is 0.0526. The lowest BCUT2D eigenvalue weighted by Crippen LogP contribution is -2.08. The summed E-state index contributed by atoms with van der Waals surface area (Å²) in [6, 6.07) is 17.8. The number of oxime groups is 1. The van der Waals surface area contributed by atoms with Gasteiger partial charge in [-0.05, 0) is 42.5 Å². The molecule has 3 rings (SSSR count). The van der Waals surface area contributed by atoms with Crippen LogP contribution in [-0.4, -0.2) is 28.0 Å². The van der Waals surface area contributed by atoms with E-state index >= 15 is 0 Å². The molecule has 0 amide bonds. The largest absolute Gasteiger partial charge is 0.497 e. The maximum absolute atomic E-state index is 9.47. The fourth-order valence-corrected chi connectivity index (χ4v) is 2.34. The highest BCUT2D eigenvalue weighted by atomic mass is 16.5. The van der Waals surface area contributed by atoms with Crippen LogP contribution in [0.2, 0.25) is 0 Å². The van der Waals surface area contributed by atoms with Crippen LogP contribution in [0.3, 0.4) is 0 Å². The van der Waals surface area contributed by atoms with Gasteiger partial charge in [-0.1, -0.05) is 17.3 Å². The summed E-state index contributed by atoms with van der Waals surface area (Å²) in [7, 11) is 1.57. The van der Waals surface area contributed by atoms with Crippen molar-refractivity contribution in [2.24, 2.45) is 5.16 Å². The van der Waals surface area contributed by atoms with Crippen LogP contribution in [0.5, 0.6) is 5.75 Å². The summed E-state index contributed by atoms with van der Waals surface area (Å²) in [5.74, 6) is 0.991. The lowest BCUT2D eigenvalue weighted by atomic mass is 10.1. The first kappa shape index (κ1) is 16.9. The smallest absolute Gasteiger partial charge is 0.227 e. The molecule has 2 N–H and O–H groups in total. The molecule has 26 heavy (non-hydrogen) atoms. The van der Waals surface area contributed by atoms with Gasteiger partial charge in [-0.25, -0.2) is 9.97 Å². The molecule has 7 nitrogen and oxygen atoms in total. The predicted octanol–water partition coefficient (Wildman–Crippen LogP) is 3.33. The van der Waals surface area contributed by atoms with E-state index in [0.717, 1.165) is 5.69 Å². The fourth-order valence-electron chi connectivity index (χ4n) is 2.34. The minimum Gasteiger partial charge on any atom is -0.497 e. The molecule has 2 aromatic carbocycles. The van der Waals surface area contributed by atoms with Crippen molar-refractivity contribution in [3.8, 4) is 11.8 Å². The van der Waals surface area contributed by atoms with Crippen LogP contribution in [0.25, 0.3) is 0 Å². The Balaban J connectivity index is 1.88. The summed E-state index contributed by atoms with van der Waals surface area (Å²) in [6.07, 6.45) is 1.57. The average Bonchev–Trinajstić information content (AvgIpc) is 2.70. The van der Waals surface area contributed by atoms with Gasteiger partial charge in [0.05, 0.1) is 24.4 Å². The molecule has 0 aliphatic carbocycles. The first-order valence-electron chi connectivity index (χ1n) is 7.70. The third-order valence-electron chi connectivity index (χ3n) is 3.61. The summed E-state index contributed by atoms with van der Waals surface area (Å²) in [4.78, 5) is 8.57. The van der Waals surface area contributed by atoms with E-state index in [1.165, 1.54) is 0 Å². The predicted molar refractivity (Wildman–Crippen MR) is 96.9 cm³/mol. The molecule has 0 unspecified atom stereocenters. The zero-order chi connectivity index (χ0) is 18.4. The van der Waals surface area contributed by atoms with Gasteiger partial charge in [-0.3, -0.25) is 0 Å². The van der Waals surface area contributed by atoms with Crippen molar-refractivity contribution in [2.45, 2.75) is 0 Å². The Hall–Kier alpha value is -3.92. The summed E-state index contributed by atoms with van der Waals surface area (Å²) in [5.41, 5.74) is 2.72.